The fraction of sp³-hybridized carbons (Fsp3) is 0.158. The van der Waals surface area contributed by atoms with E-state index in [4.69, 9.17) is 0 Å². The van der Waals surface area contributed by atoms with Crippen LogP contribution in [0.2, 0.25) is 0 Å². The van der Waals surface area contributed by atoms with Gasteiger partial charge in [-0.05, 0) is 34.9 Å². The van der Waals surface area contributed by atoms with Crippen LogP contribution in [0.4, 0.5) is 9.18 Å². The molecule has 0 saturated carbocycles. The van der Waals surface area contributed by atoms with E-state index >= 15 is 0 Å². The van der Waals surface area contributed by atoms with Crippen LogP contribution in [0.5, 0.6) is 0 Å². The molecule has 2 amide bonds. The Bertz CT molecular complexity index is 798. The van der Waals surface area contributed by atoms with Crippen LogP contribution in [0.3, 0.4) is 0 Å². The van der Waals surface area contributed by atoms with Crippen LogP contribution >= 0.6 is 0 Å². The third-order valence-electron chi connectivity index (χ3n) is 3.75. The highest BCUT2D eigenvalue weighted by molar-refractivity contribution is 5.73. The summed E-state index contributed by atoms with van der Waals surface area (Å²) in [6.45, 7) is 1.52. The van der Waals surface area contributed by atoms with E-state index < -0.39 is 0 Å². The Balaban J connectivity index is 1.43. The van der Waals surface area contributed by atoms with E-state index in [9.17, 15) is 9.18 Å². The molecule has 0 radical (unpaired) electrons. The topological polar surface area (TPSA) is 59.0 Å². The van der Waals surface area contributed by atoms with Crippen LogP contribution < -0.4 is 10.6 Å². The van der Waals surface area contributed by atoms with Crippen molar-refractivity contribution in [3.8, 4) is 0 Å². The van der Waals surface area contributed by atoms with Gasteiger partial charge in [0.15, 0.2) is 0 Å². The lowest BCUT2D eigenvalue weighted by atomic mass is 10.1. The molecule has 0 unspecified atom stereocenters. The Morgan fingerprint density at radius 1 is 0.920 bits per heavy atom. The molecule has 1 heterocycles. The molecule has 0 bridgehead atoms. The van der Waals surface area contributed by atoms with Crippen LogP contribution in [0, 0.1) is 5.82 Å². The Kier molecular flexibility index (Phi) is 5.41. The molecule has 128 valence electrons. The van der Waals surface area contributed by atoms with E-state index in [-0.39, 0.29) is 11.8 Å². The van der Waals surface area contributed by atoms with Crippen LogP contribution in [0.1, 0.15) is 16.7 Å². The molecule has 25 heavy (non-hydrogen) atoms. The number of halogens is 1. The third kappa shape index (κ3) is 5.17. The van der Waals surface area contributed by atoms with E-state index in [2.05, 4.69) is 15.7 Å². The average Bonchev–Trinajstić information content (AvgIpc) is 3.14. The second kappa shape index (κ2) is 8.10. The lowest BCUT2D eigenvalue weighted by Gasteiger charge is -2.09. The summed E-state index contributed by atoms with van der Waals surface area (Å²) >= 11 is 0. The number of nitrogens with one attached hydrogen (secondary N) is 2. The van der Waals surface area contributed by atoms with Gasteiger partial charge < -0.3 is 10.6 Å². The minimum atomic E-state index is -0.288. The van der Waals surface area contributed by atoms with E-state index in [1.165, 1.54) is 12.1 Å². The summed E-state index contributed by atoms with van der Waals surface area (Å²) in [5.41, 5.74) is 3.01. The van der Waals surface area contributed by atoms with E-state index in [0.717, 1.165) is 23.2 Å². The predicted octanol–water partition coefficient (Wildman–Crippen LogP) is 3.07. The first-order chi connectivity index (χ1) is 12.2. The molecule has 0 aliphatic heterocycles. The number of benzene rings is 2. The molecule has 6 heteroatoms. The van der Waals surface area contributed by atoms with Gasteiger partial charge in [-0.3, -0.25) is 4.68 Å². The van der Waals surface area contributed by atoms with Crippen molar-refractivity contribution in [3.05, 3.63) is 89.5 Å². The first kappa shape index (κ1) is 16.7. The largest absolute Gasteiger partial charge is 0.334 e. The first-order valence-electron chi connectivity index (χ1n) is 8.00. The summed E-state index contributed by atoms with van der Waals surface area (Å²) < 4.78 is 14.7. The van der Waals surface area contributed by atoms with Crippen molar-refractivity contribution >= 4 is 6.03 Å². The number of hydrogen-bond acceptors (Lipinski definition) is 2. The van der Waals surface area contributed by atoms with Crippen LogP contribution in [-0.4, -0.2) is 15.8 Å². The average molecular weight is 338 g/mol. The molecular weight excluding hydrogens is 319 g/mol. The third-order valence-corrected chi connectivity index (χ3v) is 3.75. The van der Waals surface area contributed by atoms with Crippen LogP contribution in [0.25, 0.3) is 0 Å². The normalized spacial score (nSPS) is 10.4. The fourth-order valence-electron chi connectivity index (χ4n) is 2.37. The number of hydrogen-bond donors (Lipinski definition) is 2. The predicted molar refractivity (Wildman–Crippen MR) is 93.2 cm³/mol. The highest BCUT2D eigenvalue weighted by atomic mass is 19.1. The van der Waals surface area contributed by atoms with Gasteiger partial charge in [0.05, 0.1) is 6.54 Å². The molecule has 0 saturated heterocycles. The highest BCUT2D eigenvalue weighted by Gasteiger charge is 2.02. The molecule has 3 rings (SSSR count). The number of rotatable bonds is 6. The molecule has 2 aromatic carbocycles. The first-order valence-corrected chi connectivity index (χ1v) is 8.00. The molecule has 0 atom stereocenters. The number of amides is 2. The van der Waals surface area contributed by atoms with Gasteiger partial charge in [0, 0.05) is 25.5 Å². The lowest BCUT2D eigenvalue weighted by molar-refractivity contribution is 0.240. The second-order valence-corrected chi connectivity index (χ2v) is 5.68. The number of urea groups is 1. The SMILES string of the molecule is O=C(NCc1ccc(F)cc1)NCc1ccc(Cn2cccn2)cc1. The molecule has 3 aromatic rings. The van der Waals surface area contributed by atoms with Crippen molar-refractivity contribution in [2.75, 3.05) is 0 Å². The number of aromatic nitrogens is 2. The van der Waals surface area contributed by atoms with Crippen molar-refractivity contribution in [2.24, 2.45) is 0 Å². The van der Waals surface area contributed by atoms with Crippen molar-refractivity contribution in [1.82, 2.24) is 20.4 Å². The van der Waals surface area contributed by atoms with Gasteiger partial charge in [-0.15, -0.1) is 0 Å². The summed E-state index contributed by atoms with van der Waals surface area (Å²) in [4.78, 5) is 11.8. The number of carbonyl (C=O) groups excluding carboxylic acids is 1. The van der Waals surface area contributed by atoms with Gasteiger partial charge in [0.1, 0.15) is 5.82 Å². The smallest absolute Gasteiger partial charge is 0.315 e. The summed E-state index contributed by atoms with van der Waals surface area (Å²) in [6, 6.07) is 15.7. The van der Waals surface area contributed by atoms with E-state index in [0.29, 0.717) is 13.1 Å². The summed E-state index contributed by atoms with van der Waals surface area (Å²) in [5.74, 6) is -0.288. The molecule has 0 aliphatic rings. The zero-order valence-electron chi connectivity index (χ0n) is 13.7. The van der Waals surface area contributed by atoms with Gasteiger partial charge in [-0.25, -0.2) is 9.18 Å². The van der Waals surface area contributed by atoms with Crippen LogP contribution in [-0.2, 0) is 19.6 Å². The maximum absolute atomic E-state index is 12.8. The summed E-state index contributed by atoms with van der Waals surface area (Å²) in [5, 5.41) is 9.72. The zero-order valence-corrected chi connectivity index (χ0v) is 13.7. The molecule has 1 aromatic heterocycles. The van der Waals surface area contributed by atoms with Gasteiger partial charge in [-0.1, -0.05) is 36.4 Å². The fourth-order valence-corrected chi connectivity index (χ4v) is 2.37. The molecule has 0 aliphatic carbocycles. The summed E-state index contributed by atoms with van der Waals surface area (Å²) in [7, 11) is 0. The van der Waals surface area contributed by atoms with E-state index in [1.54, 1.807) is 18.3 Å². The maximum atomic E-state index is 12.8. The summed E-state index contributed by atoms with van der Waals surface area (Å²) in [6.07, 6.45) is 3.67. The minimum absolute atomic E-state index is 0.259. The van der Waals surface area contributed by atoms with Crippen molar-refractivity contribution in [1.29, 1.82) is 0 Å². The van der Waals surface area contributed by atoms with Gasteiger partial charge in [0.2, 0.25) is 0 Å². The quantitative estimate of drug-likeness (QED) is 0.726. The van der Waals surface area contributed by atoms with Crippen molar-refractivity contribution in [3.63, 3.8) is 0 Å². The van der Waals surface area contributed by atoms with Gasteiger partial charge in [-0.2, -0.15) is 5.10 Å². The highest BCUT2D eigenvalue weighted by Crippen LogP contribution is 2.06. The molecule has 0 fully saturated rings. The lowest BCUT2D eigenvalue weighted by Crippen LogP contribution is -2.34. The Labute approximate surface area is 145 Å². The van der Waals surface area contributed by atoms with Crippen molar-refractivity contribution < 1.29 is 9.18 Å². The maximum Gasteiger partial charge on any atom is 0.315 e. The molecule has 2 N–H and O–H groups in total. The Morgan fingerprint density at radius 2 is 1.48 bits per heavy atom. The van der Waals surface area contributed by atoms with Crippen LogP contribution in [0.15, 0.2) is 67.0 Å². The second-order valence-electron chi connectivity index (χ2n) is 5.68. The number of carbonyl (C=O) groups is 1. The van der Waals surface area contributed by atoms with E-state index in [1.807, 2.05) is 41.2 Å². The number of nitrogens with zero attached hydrogens (tertiary/aromatic N) is 2. The molecule has 0 spiro atoms. The molecular formula is C19H19FN4O. The molecule has 5 nitrogen and oxygen atoms in total. The Morgan fingerprint density at radius 3 is 2.04 bits per heavy atom. The Hall–Kier alpha value is -3.15. The van der Waals surface area contributed by atoms with Gasteiger partial charge >= 0.3 is 6.03 Å². The minimum Gasteiger partial charge on any atom is -0.334 e. The van der Waals surface area contributed by atoms with Crippen molar-refractivity contribution in [2.45, 2.75) is 19.6 Å². The standard InChI is InChI=1S/C19H19FN4O/c20-18-8-6-16(7-9-18)13-22-19(25)21-12-15-2-4-17(5-3-15)14-24-11-1-10-23-24/h1-11H,12-14H2,(H2,21,22,25). The zero-order chi connectivity index (χ0) is 17.5. The van der Waals surface area contributed by atoms with Gasteiger partial charge in [0.25, 0.3) is 0 Å². The monoisotopic (exact) mass is 338 g/mol.